The largest absolute Gasteiger partial charge is 0.342 e. The minimum absolute atomic E-state index is 0.123. The first-order valence-electron chi connectivity index (χ1n) is 6.41. The van der Waals surface area contributed by atoms with Gasteiger partial charge in [-0.1, -0.05) is 11.6 Å². The van der Waals surface area contributed by atoms with Gasteiger partial charge in [-0.15, -0.1) is 0 Å². The summed E-state index contributed by atoms with van der Waals surface area (Å²) >= 11 is 5.76. The molecule has 0 aliphatic heterocycles. The molecule has 0 spiro atoms. The van der Waals surface area contributed by atoms with Crippen molar-refractivity contribution < 1.29 is 14.0 Å². The Labute approximate surface area is 131 Å². The van der Waals surface area contributed by atoms with Gasteiger partial charge in [0.15, 0.2) is 0 Å². The second-order valence-electron chi connectivity index (χ2n) is 4.55. The molecule has 0 aliphatic carbocycles. The molecule has 0 aliphatic rings. The van der Waals surface area contributed by atoms with Crippen molar-refractivity contribution in [3.8, 4) is 0 Å². The zero-order chi connectivity index (χ0) is 16.1. The van der Waals surface area contributed by atoms with E-state index in [9.17, 15) is 14.0 Å². The number of hydrogen-bond acceptors (Lipinski definition) is 3. The van der Waals surface area contributed by atoms with Crippen molar-refractivity contribution in [2.24, 2.45) is 0 Å². The number of anilines is 1. The fourth-order valence-corrected chi connectivity index (χ4v) is 1.90. The molecule has 2 N–H and O–H groups in total. The molecule has 7 heteroatoms. The Morgan fingerprint density at radius 1 is 1.27 bits per heavy atom. The normalized spacial score (nSPS) is 10.1. The molecular weight excluding hydrogens is 309 g/mol. The average molecular weight is 322 g/mol. The van der Waals surface area contributed by atoms with Crippen LogP contribution in [0.1, 0.15) is 16.1 Å². The number of carbonyl (C=O) groups excluding carboxylic acids is 2. The summed E-state index contributed by atoms with van der Waals surface area (Å²) in [7, 11) is 0. The molecule has 114 valence electrons. The lowest BCUT2D eigenvalue weighted by molar-refractivity contribution is -0.115. The van der Waals surface area contributed by atoms with E-state index < -0.39 is 11.8 Å². The average Bonchev–Trinajstić information content (AvgIpc) is 2.47. The molecule has 1 heterocycles. The summed E-state index contributed by atoms with van der Waals surface area (Å²) in [6.45, 7) is 1.44. The number of carbonyl (C=O) groups is 2. The Balaban J connectivity index is 1.91. The Hall–Kier alpha value is -2.47. The van der Waals surface area contributed by atoms with Crippen LogP contribution in [0.4, 0.5) is 10.1 Å². The van der Waals surface area contributed by atoms with Gasteiger partial charge in [-0.05, 0) is 42.8 Å². The van der Waals surface area contributed by atoms with Crippen LogP contribution in [-0.2, 0) is 4.79 Å². The number of nitrogens with zero attached hydrogens (tertiary/aromatic N) is 1. The van der Waals surface area contributed by atoms with Crippen LogP contribution >= 0.6 is 11.6 Å². The number of aromatic nitrogens is 1. The molecule has 0 saturated heterocycles. The fraction of sp³-hybridized carbons (Fsp3) is 0.133. The van der Waals surface area contributed by atoms with Gasteiger partial charge in [-0.2, -0.15) is 0 Å². The lowest BCUT2D eigenvalue weighted by Gasteiger charge is -2.09. The van der Waals surface area contributed by atoms with Gasteiger partial charge in [0.1, 0.15) is 11.5 Å². The molecule has 0 bridgehead atoms. The molecule has 1 aromatic carbocycles. The summed E-state index contributed by atoms with van der Waals surface area (Å²) < 4.78 is 13.0. The van der Waals surface area contributed by atoms with E-state index in [1.165, 1.54) is 30.5 Å². The standard InChI is InChI=1S/C15H13ClFN3O2/c1-9-6-11(17)2-3-12(9)20-14(21)8-19-15(22)13-7-10(16)4-5-18-13/h2-7H,8H2,1H3,(H,19,22)(H,20,21). The van der Waals surface area contributed by atoms with E-state index in [1.54, 1.807) is 13.0 Å². The number of rotatable bonds is 4. The Morgan fingerprint density at radius 2 is 2.05 bits per heavy atom. The van der Waals surface area contributed by atoms with Crippen LogP contribution in [0, 0.1) is 12.7 Å². The van der Waals surface area contributed by atoms with Crippen molar-refractivity contribution in [1.29, 1.82) is 0 Å². The SMILES string of the molecule is Cc1cc(F)ccc1NC(=O)CNC(=O)c1cc(Cl)ccn1. The van der Waals surface area contributed by atoms with Gasteiger partial charge in [-0.3, -0.25) is 14.6 Å². The highest BCUT2D eigenvalue weighted by molar-refractivity contribution is 6.30. The smallest absolute Gasteiger partial charge is 0.270 e. The van der Waals surface area contributed by atoms with Crippen LogP contribution in [-0.4, -0.2) is 23.3 Å². The second kappa shape index (κ2) is 7.00. The molecule has 2 rings (SSSR count). The predicted octanol–water partition coefficient (Wildman–Crippen LogP) is 2.55. The maximum atomic E-state index is 13.0. The van der Waals surface area contributed by atoms with Crippen molar-refractivity contribution in [2.75, 3.05) is 11.9 Å². The van der Waals surface area contributed by atoms with Crippen molar-refractivity contribution in [1.82, 2.24) is 10.3 Å². The lowest BCUT2D eigenvalue weighted by Crippen LogP contribution is -2.33. The van der Waals surface area contributed by atoms with E-state index in [2.05, 4.69) is 15.6 Å². The summed E-state index contributed by atoms with van der Waals surface area (Å²) in [5, 5.41) is 5.40. The number of hydrogen-bond donors (Lipinski definition) is 2. The van der Waals surface area contributed by atoms with Gasteiger partial charge in [0.25, 0.3) is 5.91 Å². The van der Waals surface area contributed by atoms with E-state index in [4.69, 9.17) is 11.6 Å². The van der Waals surface area contributed by atoms with Crippen molar-refractivity contribution in [3.63, 3.8) is 0 Å². The first-order chi connectivity index (χ1) is 10.5. The number of aryl methyl sites for hydroxylation is 1. The summed E-state index contributed by atoms with van der Waals surface area (Å²) in [6, 6.07) is 6.96. The van der Waals surface area contributed by atoms with Gasteiger partial charge in [0, 0.05) is 16.9 Å². The van der Waals surface area contributed by atoms with Crippen molar-refractivity contribution in [2.45, 2.75) is 6.92 Å². The third-order valence-electron chi connectivity index (χ3n) is 2.83. The monoisotopic (exact) mass is 321 g/mol. The van der Waals surface area contributed by atoms with Crippen LogP contribution in [0.3, 0.4) is 0 Å². The van der Waals surface area contributed by atoms with Crippen LogP contribution in [0.2, 0.25) is 5.02 Å². The van der Waals surface area contributed by atoms with E-state index in [-0.39, 0.29) is 18.1 Å². The molecule has 5 nitrogen and oxygen atoms in total. The number of halogens is 2. The molecule has 0 unspecified atom stereocenters. The van der Waals surface area contributed by atoms with E-state index in [0.717, 1.165) is 0 Å². The first-order valence-corrected chi connectivity index (χ1v) is 6.79. The van der Waals surface area contributed by atoms with E-state index in [1.807, 2.05) is 0 Å². The summed E-state index contributed by atoms with van der Waals surface area (Å²) in [5.41, 5.74) is 1.20. The number of nitrogens with one attached hydrogen (secondary N) is 2. The molecule has 2 amide bonds. The maximum absolute atomic E-state index is 13.0. The fourth-order valence-electron chi connectivity index (χ4n) is 1.74. The third-order valence-corrected chi connectivity index (χ3v) is 3.06. The maximum Gasteiger partial charge on any atom is 0.270 e. The number of pyridine rings is 1. The highest BCUT2D eigenvalue weighted by atomic mass is 35.5. The Bertz CT molecular complexity index is 722. The number of amides is 2. The van der Waals surface area contributed by atoms with Gasteiger partial charge in [0.05, 0.1) is 6.54 Å². The molecule has 0 radical (unpaired) electrons. The highest BCUT2D eigenvalue weighted by Crippen LogP contribution is 2.15. The summed E-state index contributed by atoms with van der Waals surface area (Å²) in [4.78, 5) is 27.4. The van der Waals surface area contributed by atoms with Gasteiger partial charge >= 0.3 is 0 Å². The minimum atomic E-state index is -0.506. The van der Waals surface area contributed by atoms with Crippen LogP contribution in [0.25, 0.3) is 0 Å². The lowest BCUT2D eigenvalue weighted by atomic mass is 10.2. The van der Waals surface area contributed by atoms with Crippen molar-refractivity contribution in [3.05, 3.63) is 58.6 Å². The van der Waals surface area contributed by atoms with E-state index in [0.29, 0.717) is 16.3 Å². The Kier molecular flexibility index (Phi) is 5.06. The van der Waals surface area contributed by atoms with Gasteiger partial charge in [0.2, 0.25) is 5.91 Å². The molecular formula is C15H13ClFN3O2. The molecule has 1 aromatic heterocycles. The van der Waals surface area contributed by atoms with Gasteiger partial charge < -0.3 is 10.6 Å². The molecule has 2 aromatic rings. The van der Waals surface area contributed by atoms with Crippen LogP contribution in [0.15, 0.2) is 36.5 Å². The third kappa shape index (κ3) is 4.26. The molecule has 0 atom stereocenters. The van der Waals surface area contributed by atoms with E-state index >= 15 is 0 Å². The predicted molar refractivity (Wildman–Crippen MR) is 81.3 cm³/mol. The molecule has 0 fully saturated rings. The highest BCUT2D eigenvalue weighted by Gasteiger charge is 2.10. The zero-order valence-corrected chi connectivity index (χ0v) is 12.4. The summed E-state index contributed by atoms with van der Waals surface area (Å²) in [5.74, 6) is -1.31. The summed E-state index contributed by atoms with van der Waals surface area (Å²) in [6.07, 6.45) is 1.40. The first kappa shape index (κ1) is 15.9. The van der Waals surface area contributed by atoms with Crippen molar-refractivity contribution >= 4 is 29.1 Å². The number of benzene rings is 1. The molecule has 22 heavy (non-hydrogen) atoms. The van der Waals surface area contributed by atoms with Gasteiger partial charge in [-0.25, -0.2) is 4.39 Å². The zero-order valence-electron chi connectivity index (χ0n) is 11.7. The topological polar surface area (TPSA) is 71.1 Å². The quantitative estimate of drug-likeness (QED) is 0.909. The minimum Gasteiger partial charge on any atom is -0.342 e. The van der Waals surface area contributed by atoms with Crippen LogP contribution in [0.5, 0.6) is 0 Å². The molecule has 0 saturated carbocycles. The van der Waals surface area contributed by atoms with Crippen LogP contribution < -0.4 is 10.6 Å². The second-order valence-corrected chi connectivity index (χ2v) is 4.99. The Morgan fingerprint density at radius 3 is 2.73 bits per heavy atom.